The maximum Gasteiger partial charge on any atom is 0.339 e. The lowest BCUT2D eigenvalue weighted by Gasteiger charge is -2.29. The number of anilines is 4. The molecule has 4 N–H and O–H groups in total. The zero-order valence-electron chi connectivity index (χ0n) is 17.1. The van der Waals surface area contributed by atoms with Crippen molar-refractivity contribution in [3.63, 3.8) is 0 Å². The van der Waals surface area contributed by atoms with Gasteiger partial charge in [0.25, 0.3) is 0 Å². The first-order valence-electron chi connectivity index (χ1n) is 9.88. The molecule has 0 aliphatic carbocycles. The number of ether oxygens (including phenoxy) is 1. The van der Waals surface area contributed by atoms with Gasteiger partial charge in [-0.15, -0.1) is 0 Å². The fourth-order valence-corrected chi connectivity index (χ4v) is 3.41. The van der Waals surface area contributed by atoms with Gasteiger partial charge in [0.2, 0.25) is 0 Å². The summed E-state index contributed by atoms with van der Waals surface area (Å²) in [7, 11) is 1.28. The third-order valence-electron chi connectivity index (χ3n) is 5.07. The minimum Gasteiger partial charge on any atom is -0.465 e. The summed E-state index contributed by atoms with van der Waals surface area (Å²) in [4.78, 5) is 22.4. The maximum absolute atomic E-state index is 14.3. The van der Waals surface area contributed by atoms with Crippen LogP contribution in [0.4, 0.5) is 27.3 Å². The smallest absolute Gasteiger partial charge is 0.339 e. The first-order valence-corrected chi connectivity index (χ1v) is 9.88. The van der Waals surface area contributed by atoms with Crippen LogP contribution in [0.15, 0.2) is 48.7 Å². The Morgan fingerprint density at radius 2 is 1.94 bits per heavy atom. The van der Waals surface area contributed by atoms with Crippen LogP contribution in [0.2, 0.25) is 0 Å². The minimum absolute atomic E-state index is 0.0514. The third-order valence-corrected chi connectivity index (χ3v) is 5.07. The number of carbonyl (C=O) groups is 1. The predicted molar refractivity (Wildman–Crippen MR) is 118 cm³/mol. The Morgan fingerprint density at radius 3 is 2.61 bits per heavy atom. The summed E-state index contributed by atoms with van der Waals surface area (Å²) in [5.74, 6) is -0.773. The van der Waals surface area contributed by atoms with Crippen molar-refractivity contribution < 1.29 is 13.9 Å². The standard InChI is InChI=1S/C22H23FN6O2/c1-31-22(30)17-7-2-14(12-19(17)24)20-26-13-18(23)21(28-20)27-15-3-5-16(6-4-15)29-10-8-25-9-11-29/h2-7,12-13,25H,8-11,24H2,1H3,(H,26,27,28). The van der Waals surface area contributed by atoms with Gasteiger partial charge < -0.3 is 26.0 Å². The van der Waals surface area contributed by atoms with Crippen molar-refractivity contribution >= 4 is 28.8 Å². The number of methoxy groups -OCH3 is 1. The van der Waals surface area contributed by atoms with E-state index in [1.54, 1.807) is 12.1 Å². The molecule has 1 aliphatic rings. The highest BCUT2D eigenvalue weighted by atomic mass is 19.1. The molecule has 1 fully saturated rings. The molecule has 9 heteroatoms. The number of nitrogens with zero attached hydrogens (tertiary/aromatic N) is 3. The SMILES string of the molecule is COC(=O)c1ccc(-c2ncc(F)c(Nc3ccc(N4CCNCC4)cc3)n2)cc1N. The number of aromatic nitrogens is 2. The van der Waals surface area contributed by atoms with E-state index < -0.39 is 11.8 Å². The number of nitrogens with two attached hydrogens (primary N) is 1. The quantitative estimate of drug-likeness (QED) is 0.426. The molecule has 8 nitrogen and oxygen atoms in total. The average molecular weight is 422 g/mol. The summed E-state index contributed by atoms with van der Waals surface area (Å²) in [6, 6.07) is 12.5. The summed E-state index contributed by atoms with van der Waals surface area (Å²) in [5, 5.41) is 6.33. The van der Waals surface area contributed by atoms with E-state index in [0.717, 1.165) is 38.1 Å². The molecule has 0 bridgehead atoms. The fourth-order valence-electron chi connectivity index (χ4n) is 3.41. The molecule has 4 rings (SSSR count). The van der Waals surface area contributed by atoms with Crippen molar-refractivity contribution in [2.24, 2.45) is 0 Å². The molecule has 31 heavy (non-hydrogen) atoms. The molecule has 0 amide bonds. The summed E-state index contributed by atoms with van der Waals surface area (Å²) in [6.07, 6.45) is 1.10. The van der Waals surface area contributed by atoms with Crippen LogP contribution in [-0.4, -0.2) is 49.2 Å². The molecule has 1 aromatic heterocycles. The predicted octanol–water partition coefficient (Wildman–Crippen LogP) is 2.80. The highest BCUT2D eigenvalue weighted by molar-refractivity contribution is 5.95. The van der Waals surface area contributed by atoms with Crippen LogP contribution in [-0.2, 0) is 4.74 Å². The number of hydrogen-bond donors (Lipinski definition) is 3. The number of rotatable bonds is 5. The highest BCUT2D eigenvalue weighted by Crippen LogP contribution is 2.26. The Balaban J connectivity index is 1.54. The Labute approximate surface area is 179 Å². The monoisotopic (exact) mass is 422 g/mol. The number of carbonyl (C=O) groups excluding carboxylic acids is 1. The topological polar surface area (TPSA) is 105 Å². The van der Waals surface area contributed by atoms with Crippen LogP contribution in [0.25, 0.3) is 11.4 Å². The molecular weight excluding hydrogens is 399 g/mol. The van der Waals surface area contributed by atoms with Crippen molar-refractivity contribution in [1.29, 1.82) is 0 Å². The summed E-state index contributed by atoms with van der Waals surface area (Å²) in [5.41, 5.74) is 8.82. The van der Waals surface area contributed by atoms with Gasteiger partial charge in [0.1, 0.15) is 0 Å². The lowest BCUT2D eigenvalue weighted by molar-refractivity contribution is 0.0602. The lowest BCUT2D eigenvalue weighted by Crippen LogP contribution is -2.43. The van der Waals surface area contributed by atoms with E-state index in [1.165, 1.54) is 13.2 Å². The van der Waals surface area contributed by atoms with Gasteiger partial charge in [-0.1, -0.05) is 6.07 Å². The Bertz CT molecular complexity index is 1080. The molecule has 0 spiro atoms. The second kappa shape index (κ2) is 8.97. The molecule has 0 atom stereocenters. The van der Waals surface area contributed by atoms with E-state index >= 15 is 0 Å². The summed E-state index contributed by atoms with van der Waals surface area (Å²) >= 11 is 0. The molecule has 0 unspecified atom stereocenters. The Morgan fingerprint density at radius 1 is 1.19 bits per heavy atom. The van der Waals surface area contributed by atoms with Crippen LogP contribution >= 0.6 is 0 Å². The van der Waals surface area contributed by atoms with Crippen molar-refractivity contribution in [3.8, 4) is 11.4 Å². The van der Waals surface area contributed by atoms with E-state index in [1.807, 2.05) is 24.3 Å². The number of piperazine rings is 1. The maximum atomic E-state index is 14.3. The van der Waals surface area contributed by atoms with Crippen LogP contribution in [0, 0.1) is 5.82 Å². The highest BCUT2D eigenvalue weighted by Gasteiger charge is 2.14. The van der Waals surface area contributed by atoms with Gasteiger partial charge in [0.15, 0.2) is 17.5 Å². The molecule has 0 radical (unpaired) electrons. The molecular formula is C22H23FN6O2. The molecule has 3 aromatic rings. The van der Waals surface area contributed by atoms with Gasteiger partial charge in [-0.05, 0) is 36.4 Å². The normalized spacial score (nSPS) is 13.7. The summed E-state index contributed by atoms with van der Waals surface area (Å²) in [6.45, 7) is 3.82. The van der Waals surface area contributed by atoms with Gasteiger partial charge in [0.05, 0.1) is 18.9 Å². The van der Waals surface area contributed by atoms with E-state index in [9.17, 15) is 9.18 Å². The number of hydrogen-bond acceptors (Lipinski definition) is 8. The molecule has 1 aliphatic heterocycles. The number of esters is 1. The van der Waals surface area contributed by atoms with Gasteiger partial charge in [-0.3, -0.25) is 0 Å². The molecule has 1 saturated heterocycles. The minimum atomic E-state index is -0.575. The average Bonchev–Trinajstić information content (AvgIpc) is 2.81. The Hall–Kier alpha value is -3.72. The van der Waals surface area contributed by atoms with Gasteiger partial charge in [0, 0.05) is 48.8 Å². The number of halogens is 1. The van der Waals surface area contributed by atoms with Crippen LogP contribution < -0.4 is 21.3 Å². The van der Waals surface area contributed by atoms with Gasteiger partial charge in [-0.2, -0.15) is 0 Å². The van der Waals surface area contributed by atoms with E-state index in [0.29, 0.717) is 11.3 Å². The number of benzene rings is 2. The van der Waals surface area contributed by atoms with Crippen LogP contribution in [0.5, 0.6) is 0 Å². The molecule has 2 aromatic carbocycles. The number of nitrogen functional groups attached to an aromatic ring is 1. The molecule has 160 valence electrons. The first kappa shape index (κ1) is 20.5. The van der Waals surface area contributed by atoms with Gasteiger partial charge in [-0.25, -0.2) is 19.2 Å². The summed E-state index contributed by atoms with van der Waals surface area (Å²) < 4.78 is 19.0. The molecule has 2 heterocycles. The van der Waals surface area contributed by atoms with Crippen molar-refractivity contribution in [2.75, 3.05) is 49.2 Å². The van der Waals surface area contributed by atoms with Crippen molar-refractivity contribution in [1.82, 2.24) is 15.3 Å². The van der Waals surface area contributed by atoms with Crippen molar-refractivity contribution in [3.05, 3.63) is 60.0 Å². The zero-order chi connectivity index (χ0) is 21.8. The van der Waals surface area contributed by atoms with E-state index in [-0.39, 0.29) is 22.9 Å². The third kappa shape index (κ3) is 4.56. The van der Waals surface area contributed by atoms with E-state index in [4.69, 9.17) is 10.5 Å². The molecule has 0 saturated carbocycles. The zero-order valence-corrected chi connectivity index (χ0v) is 17.1. The van der Waals surface area contributed by atoms with Gasteiger partial charge >= 0.3 is 5.97 Å². The fraction of sp³-hybridized carbons (Fsp3) is 0.227. The second-order valence-corrected chi connectivity index (χ2v) is 7.09. The van der Waals surface area contributed by atoms with E-state index in [2.05, 4.69) is 25.5 Å². The lowest BCUT2D eigenvalue weighted by atomic mass is 10.1. The number of nitrogens with one attached hydrogen (secondary N) is 2. The second-order valence-electron chi connectivity index (χ2n) is 7.09. The van der Waals surface area contributed by atoms with Crippen molar-refractivity contribution in [2.45, 2.75) is 0 Å². The van der Waals surface area contributed by atoms with Crippen LogP contribution in [0.3, 0.4) is 0 Å². The first-order chi connectivity index (χ1) is 15.0. The largest absolute Gasteiger partial charge is 0.465 e. The van der Waals surface area contributed by atoms with Crippen LogP contribution in [0.1, 0.15) is 10.4 Å². The Kier molecular flexibility index (Phi) is 5.94.